The molecule has 0 fully saturated rings. The minimum Gasteiger partial charge on any atom is -0.493 e. The highest BCUT2D eigenvalue weighted by Crippen LogP contribution is 2.21. The topological polar surface area (TPSA) is 47.9 Å². The van der Waals surface area contributed by atoms with E-state index in [1.165, 1.54) is 0 Å². The molecule has 4 nitrogen and oxygen atoms in total. The molecule has 0 aliphatic carbocycles. The first kappa shape index (κ1) is 17.0. The summed E-state index contributed by atoms with van der Waals surface area (Å²) in [7, 11) is 0. The molecule has 0 spiro atoms. The number of esters is 1. The van der Waals surface area contributed by atoms with Gasteiger partial charge in [-0.1, -0.05) is 43.7 Å². The molecule has 0 amide bonds. The third-order valence-corrected chi connectivity index (χ3v) is 3.66. The van der Waals surface area contributed by atoms with Crippen LogP contribution in [0.1, 0.15) is 30.5 Å². The second kappa shape index (κ2) is 7.34. The Balaban J connectivity index is 1.82. The highest BCUT2D eigenvalue weighted by Gasteiger charge is 2.24. The molecular formula is C21H21NO3. The Morgan fingerprint density at radius 2 is 1.92 bits per heavy atom. The predicted molar refractivity (Wildman–Crippen MR) is 98.6 cm³/mol. The molecule has 1 aliphatic heterocycles. The first-order valence-corrected chi connectivity index (χ1v) is 8.34. The van der Waals surface area contributed by atoms with Crippen LogP contribution < -0.4 is 4.74 Å². The van der Waals surface area contributed by atoms with Gasteiger partial charge in [0, 0.05) is 5.56 Å². The summed E-state index contributed by atoms with van der Waals surface area (Å²) in [6, 6.07) is 15.3. The van der Waals surface area contributed by atoms with Crippen LogP contribution in [-0.4, -0.2) is 18.5 Å². The zero-order chi connectivity index (χ0) is 17.8. The Labute approximate surface area is 147 Å². The van der Waals surface area contributed by atoms with Crippen molar-refractivity contribution in [2.75, 3.05) is 6.61 Å². The predicted octanol–water partition coefficient (Wildman–Crippen LogP) is 4.37. The van der Waals surface area contributed by atoms with E-state index in [0.717, 1.165) is 22.4 Å². The Hall–Kier alpha value is -2.88. The van der Waals surface area contributed by atoms with Crippen LogP contribution in [0.2, 0.25) is 0 Å². The molecule has 0 bridgehead atoms. The van der Waals surface area contributed by atoms with Gasteiger partial charge in [0.15, 0.2) is 5.70 Å². The van der Waals surface area contributed by atoms with Gasteiger partial charge in [-0.05, 0) is 48.7 Å². The van der Waals surface area contributed by atoms with Crippen LogP contribution in [0.3, 0.4) is 0 Å². The molecule has 0 atom stereocenters. The van der Waals surface area contributed by atoms with Crippen LogP contribution in [0.25, 0.3) is 6.08 Å². The Bertz CT molecular complexity index is 832. The molecule has 0 aromatic heterocycles. The second-order valence-electron chi connectivity index (χ2n) is 6.48. The molecule has 4 heteroatoms. The zero-order valence-corrected chi connectivity index (χ0v) is 14.7. The maximum absolute atomic E-state index is 12.1. The fraction of sp³-hybridized carbons (Fsp3) is 0.238. The van der Waals surface area contributed by atoms with Crippen LogP contribution in [0.15, 0.2) is 59.2 Å². The summed E-state index contributed by atoms with van der Waals surface area (Å²) in [6.45, 7) is 6.85. The lowest BCUT2D eigenvalue weighted by atomic mass is 10.1. The third-order valence-electron chi connectivity index (χ3n) is 3.66. The molecule has 0 N–H and O–H groups in total. The minimum atomic E-state index is -0.441. The first-order valence-electron chi connectivity index (χ1n) is 8.34. The monoisotopic (exact) mass is 335 g/mol. The third kappa shape index (κ3) is 4.35. The van der Waals surface area contributed by atoms with Gasteiger partial charge in [0.05, 0.1) is 6.61 Å². The van der Waals surface area contributed by atoms with Gasteiger partial charge in [-0.15, -0.1) is 0 Å². The molecule has 0 saturated heterocycles. The summed E-state index contributed by atoms with van der Waals surface area (Å²) >= 11 is 0. The molecule has 3 rings (SSSR count). The molecule has 1 aliphatic rings. The van der Waals surface area contributed by atoms with Crippen LogP contribution in [0.5, 0.6) is 5.75 Å². The number of rotatable bonds is 5. The van der Waals surface area contributed by atoms with E-state index in [1.54, 1.807) is 6.08 Å². The van der Waals surface area contributed by atoms with Crippen molar-refractivity contribution >= 4 is 17.9 Å². The number of carbonyl (C=O) groups excluding carboxylic acids is 1. The molecule has 0 radical (unpaired) electrons. The first-order chi connectivity index (χ1) is 12.0. The van der Waals surface area contributed by atoms with Crippen molar-refractivity contribution in [2.24, 2.45) is 10.9 Å². The lowest BCUT2D eigenvalue weighted by Crippen LogP contribution is -2.05. The molecule has 25 heavy (non-hydrogen) atoms. The number of ether oxygens (including phenoxy) is 2. The number of carbonyl (C=O) groups is 1. The second-order valence-corrected chi connectivity index (χ2v) is 6.48. The normalized spacial score (nSPS) is 15.4. The number of cyclic esters (lactones) is 1. The van der Waals surface area contributed by atoms with Gasteiger partial charge in [-0.2, -0.15) is 0 Å². The van der Waals surface area contributed by atoms with Crippen LogP contribution >= 0.6 is 0 Å². The van der Waals surface area contributed by atoms with E-state index in [0.29, 0.717) is 18.4 Å². The Kier molecular flexibility index (Phi) is 4.98. The van der Waals surface area contributed by atoms with E-state index in [2.05, 4.69) is 18.8 Å². The summed E-state index contributed by atoms with van der Waals surface area (Å²) in [5.41, 5.74) is 3.07. The average molecular weight is 335 g/mol. The highest BCUT2D eigenvalue weighted by atomic mass is 16.6. The van der Waals surface area contributed by atoms with Crippen molar-refractivity contribution in [3.63, 3.8) is 0 Å². The number of hydrogen-bond acceptors (Lipinski definition) is 4. The molecule has 2 aromatic rings. The summed E-state index contributed by atoms with van der Waals surface area (Å²) in [4.78, 5) is 16.4. The van der Waals surface area contributed by atoms with Crippen LogP contribution in [0, 0.1) is 12.8 Å². The number of nitrogens with zero attached hydrogens (tertiary/aromatic N) is 1. The maximum atomic E-state index is 12.1. The lowest BCUT2D eigenvalue weighted by molar-refractivity contribution is -0.129. The van der Waals surface area contributed by atoms with E-state index in [1.807, 2.05) is 55.5 Å². The highest BCUT2D eigenvalue weighted by molar-refractivity contribution is 6.12. The van der Waals surface area contributed by atoms with E-state index in [-0.39, 0.29) is 5.70 Å². The van der Waals surface area contributed by atoms with Gasteiger partial charge in [0.1, 0.15) is 5.75 Å². The van der Waals surface area contributed by atoms with Gasteiger partial charge < -0.3 is 9.47 Å². The summed E-state index contributed by atoms with van der Waals surface area (Å²) in [6.07, 6.45) is 1.71. The van der Waals surface area contributed by atoms with Gasteiger partial charge in [0.2, 0.25) is 5.90 Å². The fourth-order valence-electron chi connectivity index (χ4n) is 2.34. The van der Waals surface area contributed by atoms with E-state index in [4.69, 9.17) is 9.47 Å². The zero-order valence-electron chi connectivity index (χ0n) is 14.7. The van der Waals surface area contributed by atoms with Crippen molar-refractivity contribution in [3.05, 3.63) is 70.9 Å². The number of benzene rings is 2. The largest absolute Gasteiger partial charge is 0.493 e. The van der Waals surface area contributed by atoms with Crippen molar-refractivity contribution < 1.29 is 14.3 Å². The molecular weight excluding hydrogens is 314 g/mol. The van der Waals surface area contributed by atoms with Gasteiger partial charge in [-0.25, -0.2) is 9.79 Å². The molecule has 1 heterocycles. The van der Waals surface area contributed by atoms with Crippen LogP contribution in [0.4, 0.5) is 0 Å². The Morgan fingerprint density at radius 1 is 1.16 bits per heavy atom. The number of aryl methyl sites for hydroxylation is 1. The number of hydrogen-bond donors (Lipinski definition) is 0. The van der Waals surface area contributed by atoms with Crippen molar-refractivity contribution in [1.82, 2.24) is 0 Å². The van der Waals surface area contributed by atoms with Crippen molar-refractivity contribution in [3.8, 4) is 5.75 Å². The van der Waals surface area contributed by atoms with Gasteiger partial charge in [0.25, 0.3) is 0 Å². The average Bonchev–Trinajstić information content (AvgIpc) is 2.95. The van der Waals surface area contributed by atoms with Crippen molar-refractivity contribution in [2.45, 2.75) is 20.8 Å². The smallest absolute Gasteiger partial charge is 0.363 e. The molecule has 0 unspecified atom stereocenters. The van der Waals surface area contributed by atoms with Crippen LogP contribution in [-0.2, 0) is 9.53 Å². The summed E-state index contributed by atoms with van der Waals surface area (Å²) in [5.74, 6) is 1.12. The molecule has 0 saturated carbocycles. The molecule has 2 aromatic carbocycles. The number of aliphatic imine (C=N–C) groups is 1. The van der Waals surface area contributed by atoms with Gasteiger partial charge >= 0.3 is 5.97 Å². The Morgan fingerprint density at radius 3 is 2.64 bits per heavy atom. The minimum absolute atomic E-state index is 0.289. The fourth-order valence-corrected chi connectivity index (χ4v) is 2.34. The van der Waals surface area contributed by atoms with E-state index in [9.17, 15) is 4.79 Å². The summed E-state index contributed by atoms with van der Waals surface area (Å²) in [5, 5.41) is 0. The van der Waals surface area contributed by atoms with E-state index >= 15 is 0 Å². The lowest BCUT2D eigenvalue weighted by Gasteiger charge is -2.08. The summed E-state index contributed by atoms with van der Waals surface area (Å²) < 4.78 is 11.0. The van der Waals surface area contributed by atoms with Gasteiger partial charge in [-0.3, -0.25) is 0 Å². The quantitative estimate of drug-likeness (QED) is 0.602. The molecule has 128 valence electrons. The maximum Gasteiger partial charge on any atom is 0.363 e. The standard InChI is InChI=1S/C21H21NO3/c1-14(2)13-24-18-6-4-5-16(11-18)12-19-21(23)25-20(22-19)17-9-7-15(3)8-10-17/h4-12,14H,13H2,1-3H3/b19-12-. The SMILES string of the molecule is Cc1ccc(C2=N/C(=C\c3cccc(OCC(C)C)c3)C(=O)O2)cc1. The van der Waals surface area contributed by atoms with Crippen molar-refractivity contribution in [1.29, 1.82) is 0 Å². The van der Waals surface area contributed by atoms with E-state index < -0.39 is 5.97 Å².